The molecule has 1 aromatic heterocycles. The van der Waals surface area contributed by atoms with Crippen LogP contribution < -0.4 is 10.2 Å². The van der Waals surface area contributed by atoms with Gasteiger partial charge < -0.3 is 15.0 Å². The molecule has 2 N–H and O–H groups in total. The topological polar surface area (TPSA) is 152 Å². The van der Waals surface area contributed by atoms with E-state index in [-0.39, 0.29) is 22.2 Å². The van der Waals surface area contributed by atoms with E-state index in [1.165, 1.54) is 36.4 Å². The van der Waals surface area contributed by atoms with Crippen LogP contribution in [0.4, 0.5) is 17.1 Å². The van der Waals surface area contributed by atoms with E-state index in [0.717, 1.165) is 24.3 Å². The summed E-state index contributed by atoms with van der Waals surface area (Å²) in [6, 6.07) is 15.2. The van der Waals surface area contributed by atoms with Gasteiger partial charge in [0, 0.05) is 42.8 Å². The molecule has 2 aromatic carbocycles. The maximum absolute atomic E-state index is 12.3. The van der Waals surface area contributed by atoms with Crippen LogP contribution in [0, 0.1) is 17.0 Å². The molecule has 1 fully saturated rings. The molecule has 3 aromatic rings. The van der Waals surface area contributed by atoms with Crippen LogP contribution in [-0.4, -0.2) is 55.1 Å². The highest BCUT2D eigenvalue weighted by Crippen LogP contribution is 2.19. The molecular weight excluding hydrogens is 476 g/mol. The number of ether oxygens (including phenoxy) is 1. The monoisotopic (exact) mass is 500 g/mol. The fraction of sp³-hybridized carbons (Fsp3) is 0.217. The van der Waals surface area contributed by atoms with E-state index < -0.39 is 15.0 Å². The minimum absolute atomic E-state index is 0.0274. The van der Waals surface area contributed by atoms with Crippen molar-refractivity contribution in [2.75, 3.05) is 36.5 Å². The predicted molar refractivity (Wildman–Crippen MR) is 129 cm³/mol. The first-order valence-electron chi connectivity index (χ1n) is 10.5. The molecule has 2 heterocycles. The van der Waals surface area contributed by atoms with Crippen molar-refractivity contribution >= 4 is 33.1 Å². The second kappa shape index (κ2) is 11.5. The number of benzene rings is 2. The number of anilines is 2. The third kappa shape index (κ3) is 7.57. The van der Waals surface area contributed by atoms with E-state index in [2.05, 4.69) is 15.2 Å². The van der Waals surface area contributed by atoms with E-state index >= 15 is 0 Å². The lowest BCUT2D eigenvalue weighted by atomic mass is 10.2. The number of nitrogens with one attached hydrogen (secondary N) is 1. The summed E-state index contributed by atoms with van der Waals surface area (Å²) in [5.74, 6) is -0.362. The molecule has 0 aliphatic carbocycles. The van der Waals surface area contributed by atoms with Gasteiger partial charge in [0.1, 0.15) is 5.69 Å². The largest absolute Gasteiger partial charge is 0.378 e. The number of aromatic nitrogens is 1. The molecule has 0 saturated carbocycles. The minimum atomic E-state index is -4.02. The van der Waals surface area contributed by atoms with Gasteiger partial charge in [0.15, 0.2) is 0 Å². The maximum atomic E-state index is 12.3. The Kier molecular flexibility index (Phi) is 8.47. The average Bonchev–Trinajstić information content (AvgIpc) is 2.85. The molecule has 1 aliphatic rings. The van der Waals surface area contributed by atoms with E-state index in [9.17, 15) is 23.3 Å². The van der Waals surface area contributed by atoms with E-state index in [4.69, 9.17) is 9.29 Å². The Morgan fingerprint density at radius 3 is 2.29 bits per heavy atom. The van der Waals surface area contributed by atoms with Crippen LogP contribution in [0.1, 0.15) is 16.1 Å². The Bertz CT molecular complexity index is 1270. The van der Waals surface area contributed by atoms with Gasteiger partial charge >= 0.3 is 0 Å². The van der Waals surface area contributed by atoms with Crippen molar-refractivity contribution in [1.82, 2.24) is 4.98 Å². The van der Waals surface area contributed by atoms with Gasteiger partial charge in [-0.25, -0.2) is 0 Å². The number of hydrogen-bond acceptors (Lipinski definition) is 8. The first kappa shape index (κ1) is 25.7. The number of rotatable bonds is 5. The zero-order valence-corrected chi connectivity index (χ0v) is 19.6. The SMILES string of the molecule is Cc1ccc(S(=O)(=O)O)cc1.O=C(Nc1ccc([N+](=O)[O-])cc1)c1cc(N2CCOCC2)ccn1. The molecule has 4 rings (SSSR count). The molecular formula is C23H24N4O7S. The van der Waals surface area contributed by atoms with Crippen LogP contribution in [0.15, 0.2) is 71.8 Å². The Hall–Kier alpha value is -3.87. The van der Waals surface area contributed by atoms with E-state index in [1.54, 1.807) is 24.4 Å². The molecule has 11 nitrogen and oxygen atoms in total. The van der Waals surface area contributed by atoms with Crippen LogP contribution in [0.2, 0.25) is 0 Å². The quantitative estimate of drug-likeness (QED) is 0.305. The third-order valence-electron chi connectivity index (χ3n) is 5.01. The van der Waals surface area contributed by atoms with E-state index in [1.807, 2.05) is 13.0 Å². The predicted octanol–water partition coefficient (Wildman–Crippen LogP) is 3.32. The fourth-order valence-corrected chi connectivity index (χ4v) is 3.61. The number of nitro benzene ring substituents is 1. The summed E-state index contributed by atoms with van der Waals surface area (Å²) >= 11 is 0. The number of nitro groups is 1. The zero-order valence-electron chi connectivity index (χ0n) is 18.8. The van der Waals surface area contributed by atoms with Gasteiger partial charge in [0.25, 0.3) is 21.7 Å². The minimum Gasteiger partial charge on any atom is -0.378 e. The lowest BCUT2D eigenvalue weighted by molar-refractivity contribution is -0.384. The van der Waals surface area contributed by atoms with Crippen LogP contribution >= 0.6 is 0 Å². The van der Waals surface area contributed by atoms with E-state index in [0.29, 0.717) is 18.9 Å². The van der Waals surface area contributed by atoms with Gasteiger partial charge in [-0.3, -0.25) is 24.4 Å². The summed E-state index contributed by atoms with van der Waals surface area (Å²) in [4.78, 5) is 28.6. The van der Waals surface area contributed by atoms with Crippen LogP contribution in [0.5, 0.6) is 0 Å². The Morgan fingerprint density at radius 1 is 1.09 bits per heavy atom. The van der Waals surface area contributed by atoms with Gasteiger partial charge in [-0.15, -0.1) is 0 Å². The number of carbonyl (C=O) groups is 1. The van der Waals surface area contributed by atoms with Crippen molar-refractivity contribution in [3.05, 3.63) is 88.2 Å². The zero-order chi connectivity index (χ0) is 25.4. The van der Waals surface area contributed by atoms with Crippen molar-refractivity contribution in [2.45, 2.75) is 11.8 Å². The first-order valence-corrected chi connectivity index (χ1v) is 12.0. The first-order chi connectivity index (χ1) is 16.6. The van der Waals surface area contributed by atoms with Gasteiger partial charge in [-0.2, -0.15) is 8.42 Å². The second-order valence-electron chi connectivity index (χ2n) is 7.54. The summed E-state index contributed by atoms with van der Waals surface area (Å²) in [6.45, 7) is 4.70. The van der Waals surface area contributed by atoms with Crippen molar-refractivity contribution in [3.63, 3.8) is 0 Å². The number of carbonyl (C=O) groups excluding carboxylic acids is 1. The highest BCUT2D eigenvalue weighted by Gasteiger charge is 2.15. The standard InChI is InChI=1S/C16H16N4O4.C7H8O3S/c21-16(18-12-1-3-13(4-2-12)20(22)23)15-11-14(5-6-17-15)19-7-9-24-10-8-19;1-6-2-4-7(5-3-6)11(8,9)10/h1-6,11H,7-10H2,(H,18,21);2-5H,1H3,(H,8,9,10). The molecule has 184 valence electrons. The average molecular weight is 501 g/mol. The van der Waals surface area contributed by atoms with Crippen LogP contribution in [-0.2, 0) is 14.9 Å². The normalized spacial score (nSPS) is 13.4. The van der Waals surface area contributed by atoms with Crippen molar-refractivity contribution in [1.29, 1.82) is 0 Å². The lowest BCUT2D eigenvalue weighted by Crippen LogP contribution is -2.36. The van der Waals surface area contributed by atoms with Crippen molar-refractivity contribution in [2.24, 2.45) is 0 Å². The Balaban J connectivity index is 0.000000261. The summed E-state index contributed by atoms with van der Waals surface area (Å²) in [5.41, 5.74) is 2.61. The Morgan fingerprint density at radius 2 is 1.71 bits per heavy atom. The smallest absolute Gasteiger partial charge is 0.294 e. The molecule has 0 spiro atoms. The fourth-order valence-electron chi connectivity index (χ4n) is 3.13. The highest BCUT2D eigenvalue weighted by molar-refractivity contribution is 7.85. The summed E-state index contributed by atoms with van der Waals surface area (Å²) in [5, 5.41) is 13.3. The number of morpholine rings is 1. The van der Waals surface area contributed by atoms with Gasteiger partial charge in [-0.05, 0) is 43.3 Å². The molecule has 1 amide bonds. The highest BCUT2D eigenvalue weighted by atomic mass is 32.2. The summed E-state index contributed by atoms with van der Waals surface area (Å²) < 4.78 is 34.9. The molecule has 1 aliphatic heterocycles. The van der Waals surface area contributed by atoms with Crippen LogP contribution in [0.3, 0.4) is 0 Å². The maximum Gasteiger partial charge on any atom is 0.294 e. The molecule has 0 unspecified atom stereocenters. The van der Waals surface area contributed by atoms with Gasteiger partial charge in [0.2, 0.25) is 0 Å². The number of aryl methyl sites for hydroxylation is 1. The molecule has 0 atom stereocenters. The number of non-ortho nitro benzene ring substituents is 1. The summed E-state index contributed by atoms with van der Waals surface area (Å²) in [6.07, 6.45) is 1.59. The third-order valence-corrected chi connectivity index (χ3v) is 5.88. The van der Waals surface area contributed by atoms with Crippen molar-refractivity contribution < 1.29 is 27.4 Å². The molecule has 35 heavy (non-hydrogen) atoms. The lowest BCUT2D eigenvalue weighted by Gasteiger charge is -2.28. The second-order valence-corrected chi connectivity index (χ2v) is 8.97. The van der Waals surface area contributed by atoms with Crippen molar-refractivity contribution in [3.8, 4) is 0 Å². The summed E-state index contributed by atoms with van der Waals surface area (Å²) in [7, 11) is -4.02. The number of amides is 1. The van der Waals surface area contributed by atoms with Gasteiger partial charge in [0.05, 0.1) is 23.0 Å². The Labute approximate surface area is 202 Å². The molecule has 1 saturated heterocycles. The molecule has 0 bridgehead atoms. The number of hydrogen-bond donors (Lipinski definition) is 2. The van der Waals surface area contributed by atoms with Crippen LogP contribution in [0.25, 0.3) is 0 Å². The van der Waals surface area contributed by atoms with Gasteiger partial charge in [-0.1, -0.05) is 17.7 Å². The molecule has 12 heteroatoms. The molecule has 0 radical (unpaired) electrons. The number of pyridine rings is 1. The number of nitrogens with zero attached hydrogens (tertiary/aromatic N) is 3.